The molecular weight excluding hydrogens is 432 g/mol. The van der Waals surface area contributed by atoms with Crippen molar-refractivity contribution in [2.75, 3.05) is 0 Å². The maximum atomic E-state index is 12.8. The molecule has 0 aliphatic carbocycles. The number of aliphatic carboxylic acids is 1. The SMILES string of the molecule is CC(Oc1nc(Oc2c(Cl)cc(C(F)(F)F)cc2Cl)ccc1[N+](=O)[O-])C(=O)O. The Morgan fingerprint density at radius 1 is 1.29 bits per heavy atom. The molecule has 0 spiro atoms. The first-order valence-electron chi connectivity index (χ1n) is 7.19. The van der Waals surface area contributed by atoms with Crippen LogP contribution >= 0.6 is 23.2 Å². The average molecular weight is 441 g/mol. The Kier molecular flexibility index (Phi) is 6.20. The number of nitrogens with zero attached hydrogens (tertiary/aromatic N) is 2. The van der Waals surface area contributed by atoms with Crippen molar-refractivity contribution in [3.05, 3.63) is 50.0 Å². The number of nitro groups is 1. The Hall–Kier alpha value is -2.79. The zero-order chi connectivity index (χ0) is 21.2. The van der Waals surface area contributed by atoms with Gasteiger partial charge in [-0.05, 0) is 19.1 Å². The van der Waals surface area contributed by atoms with Gasteiger partial charge in [-0.2, -0.15) is 18.2 Å². The summed E-state index contributed by atoms with van der Waals surface area (Å²) >= 11 is 11.6. The van der Waals surface area contributed by atoms with E-state index in [4.69, 9.17) is 37.8 Å². The largest absolute Gasteiger partial charge is 0.479 e. The first kappa shape index (κ1) is 21.5. The second-order valence-corrected chi connectivity index (χ2v) is 6.01. The monoisotopic (exact) mass is 440 g/mol. The molecule has 2 aromatic rings. The maximum Gasteiger partial charge on any atom is 0.416 e. The Morgan fingerprint density at radius 2 is 1.86 bits per heavy atom. The van der Waals surface area contributed by atoms with Crippen LogP contribution in [0.25, 0.3) is 0 Å². The second kappa shape index (κ2) is 8.07. The fourth-order valence-corrected chi connectivity index (χ4v) is 2.41. The predicted octanol–water partition coefficient (Wildman–Crippen LogP) is 4.96. The quantitative estimate of drug-likeness (QED) is 0.498. The molecular formula is C15H9Cl2F3N2O6. The van der Waals surface area contributed by atoms with Crippen molar-refractivity contribution in [1.82, 2.24) is 4.98 Å². The van der Waals surface area contributed by atoms with Gasteiger partial charge in [-0.25, -0.2) is 4.79 Å². The third-order valence-corrected chi connectivity index (χ3v) is 3.74. The third-order valence-electron chi connectivity index (χ3n) is 3.18. The van der Waals surface area contributed by atoms with Crippen molar-refractivity contribution in [2.24, 2.45) is 0 Å². The highest BCUT2D eigenvalue weighted by Crippen LogP contribution is 2.42. The van der Waals surface area contributed by atoms with Gasteiger partial charge in [0.2, 0.25) is 5.88 Å². The van der Waals surface area contributed by atoms with E-state index in [1.54, 1.807) is 0 Å². The number of carbonyl (C=O) groups is 1. The van der Waals surface area contributed by atoms with Gasteiger partial charge in [-0.1, -0.05) is 23.2 Å². The molecule has 2 rings (SSSR count). The Labute approximate surface area is 164 Å². The molecule has 28 heavy (non-hydrogen) atoms. The summed E-state index contributed by atoms with van der Waals surface area (Å²) in [6.45, 7) is 1.12. The highest BCUT2D eigenvalue weighted by molar-refractivity contribution is 6.37. The minimum atomic E-state index is -4.69. The number of pyridine rings is 1. The highest BCUT2D eigenvalue weighted by atomic mass is 35.5. The summed E-state index contributed by atoms with van der Waals surface area (Å²) in [5, 5.41) is 18.9. The van der Waals surface area contributed by atoms with E-state index in [-0.39, 0.29) is 11.6 Å². The van der Waals surface area contributed by atoms with Gasteiger partial charge < -0.3 is 14.6 Å². The standard InChI is InChI=1S/C15H9Cl2F3N2O6/c1-6(14(23)24)27-13-10(22(25)26)2-3-11(21-13)28-12-8(16)4-7(5-9(12)17)15(18,19)20/h2-6H,1H3,(H,23,24). The maximum absolute atomic E-state index is 12.8. The van der Waals surface area contributed by atoms with Gasteiger partial charge in [0.25, 0.3) is 5.88 Å². The summed E-state index contributed by atoms with van der Waals surface area (Å²) in [7, 11) is 0. The number of rotatable bonds is 6. The van der Waals surface area contributed by atoms with Crippen molar-refractivity contribution in [1.29, 1.82) is 0 Å². The van der Waals surface area contributed by atoms with E-state index in [0.717, 1.165) is 19.1 Å². The minimum absolute atomic E-state index is 0.373. The van der Waals surface area contributed by atoms with Crippen molar-refractivity contribution in [3.63, 3.8) is 0 Å². The topological polar surface area (TPSA) is 112 Å². The van der Waals surface area contributed by atoms with Crippen LogP contribution in [0.1, 0.15) is 12.5 Å². The summed E-state index contributed by atoms with van der Waals surface area (Å²) in [4.78, 5) is 24.7. The molecule has 8 nitrogen and oxygen atoms in total. The Morgan fingerprint density at radius 3 is 2.32 bits per heavy atom. The van der Waals surface area contributed by atoms with E-state index in [9.17, 15) is 28.1 Å². The van der Waals surface area contributed by atoms with Crippen LogP contribution in [-0.4, -0.2) is 27.1 Å². The first-order chi connectivity index (χ1) is 12.9. The van der Waals surface area contributed by atoms with Crippen molar-refractivity contribution in [3.8, 4) is 17.5 Å². The van der Waals surface area contributed by atoms with Crippen molar-refractivity contribution >= 4 is 34.9 Å². The third kappa shape index (κ3) is 4.93. The molecule has 0 saturated heterocycles. The molecule has 0 aliphatic rings. The van der Waals surface area contributed by atoms with Gasteiger partial charge >= 0.3 is 17.8 Å². The molecule has 1 heterocycles. The lowest BCUT2D eigenvalue weighted by molar-refractivity contribution is -0.386. The van der Waals surface area contributed by atoms with Crippen LogP contribution in [0.2, 0.25) is 10.0 Å². The number of carboxylic acid groups (broad SMARTS) is 1. The number of halogens is 5. The predicted molar refractivity (Wildman–Crippen MR) is 90.2 cm³/mol. The number of hydrogen-bond acceptors (Lipinski definition) is 6. The molecule has 13 heteroatoms. The average Bonchev–Trinajstić information content (AvgIpc) is 2.56. The van der Waals surface area contributed by atoms with E-state index in [2.05, 4.69) is 4.98 Å². The van der Waals surface area contributed by atoms with Gasteiger partial charge in [0, 0.05) is 12.1 Å². The summed E-state index contributed by atoms with van der Waals surface area (Å²) in [5.41, 5.74) is -1.75. The number of benzene rings is 1. The molecule has 0 aliphatic heterocycles. The lowest BCUT2D eigenvalue weighted by atomic mass is 10.2. The molecule has 0 fully saturated rings. The molecule has 0 radical (unpaired) electrons. The van der Waals surface area contributed by atoms with Crippen LogP contribution in [0.3, 0.4) is 0 Å². The van der Waals surface area contributed by atoms with E-state index in [1.807, 2.05) is 0 Å². The van der Waals surface area contributed by atoms with Crippen LogP contribution in [0, 0.1) is 10.1 Å². The second-order valence-electron chi connectivity index (χ2n) is 5.20. The summed E-state index contributed by atoms with van der Waals surface area (Å²) in [6, 6.07) is 3.09. The van der Waals surface area contributed by atoms with Crippen LogP contribution in [0.15, 0.2) is 24.3 Å². The van der Waals surface area contributed by atoms with Gasteiger partial charge in [0.05, 0.1) is 20.5 Å². The molecule has 0 saturated carbocycles. The Balaban J connectivity index is 2.42. The lowest BCUT2D eigenvalue weighted by Gasteiger charge is -2.14. The van der Waals surface area contributed by atoms with Crippen LogP contribution < -0.4 is 9.47 Å². The highest BCUT2D eigenvalue weighted by Gasteiger charge is 2.32. The smallest absolute Gasteiger partial charge is 0.416 e. The molecule has 1 N–H and O–H groups in total. The van der Waals surface area contributed by atoms with Gasteiger partial charge in [-0.3, -0.25) is 10.1 Å². The van der Waals surface area contributed by atoms with Gasteiger partial charge in [-0.15, -0.1) is 0 Å². The molecule has 0 bridgehead atoms. The van der Waals surface area contributed by atoms with E-state index >= 15 is 0 Å². The van der Waals surface area contributed by atoms with Gasteiger partial charge in [0.1, 0.15) is 0 Å². The summed E-state index contributed by atoms with van der Waals surface area (Å²) in [5.74, 6) is -2.83. The fourth-order valence-electron chi connectivity index (χ4n) is 1.84. The molecule has 1 unspecified atom stereocenters. The zero-order valence-corrected chi connectivity index (χ0v) is 15.2. The number of aromatic nitrogens is 1. The molecule has 1 aromatic heterocycles. The van der Waals surface area contributed by atoms with Crippen molar-refractivity contribution in [2.45, 2.75) is 19.2 Å². The van der Waals surface area contributed by atoms with E-state index in [1.165, 1.54) is 0 Å². The molecule has 150 valence electrons. The van der Waals surface area contributed by atoms with E-state index < -0.39 is 50.3 Å². The Bertz CT molecular complexity index is 915. The number of carboxylic acids is 1. The number of ether oxygens (including phenoxy) is 2. The molecule has 1 atom stereocenters. The van der Waals surface area contributed by atoms with Crippen LogP contribution in [0.5, 0.6) is 17.5 Å². The lowest BCUT2D eigenvalue weighted by Crippen LogP contribution is -2.23. The zero-order valence-electron chi connectivity index (χ0n) is 13.7. The van der Waals surface area contributed by atoms with Crippen LogP contribution in [0.4, 0.5) is 18.9 Å². The molecule has 0 amide bonds. The van der Waals surface area contributed by atoms with Gasteiger partial charge in [0.15, 0.2) is 11.9 Å². The molecule has 1 aromatic carbocycles. The number of alkyl halides is 3. The van der Waals surface area contributed by atoms with Crippen LogP contribution in [-0.2, 0) is 11.0 Å². The normalized spacial score (nSPS) is 12.4. The first-order valence-corrected chi connectivity index (χ1v) is 7.94. The minimum Gasteiger partial charge on any atom is -0.479 e. The summed E-state index contributed by atoms with van der Waals surface area (Å²) in [6.07, 6.45) is -6.16. The van der Waals surface area contributed by atoms with Crippen molar-refractivity contribution < 1.29 is 37.5 Å². The number of hydrogen-bond donors (Lipinski definition) is 1. The summed E-state index contributed by atoms with van der Waals surface area (Å²) < 4.78 is 48.5. The fraction of sp³-hybridized carbons (Fsp3) is 0.200. The van der Waals surface area contributed by atoms with E-state index in [0.29, 0.717) is 12.1 Å².